The van der Waals surface area contributed by atoms with Crippen LogP contribution in [0.3, 0.4) is 0 Å². The summed E-state index contributed by atoms with van der Waals surface area (Å²) in [4.78, 5) is 31.3. The van der Waals surface area contributed by atoms with Gasteiger partial charge in [0.15, 0.2) is 0 Å². The Bertz CT molecular complexity index is 662. The number of thiophene rings is 2. The number of nitrogens with zero attached hydrogens (tertiary/aromatic N) is 3. The molecule has 0 radical (unpaired) electrons. The zero-order chi connectivity index (χ0) is 16.9. The Labute approximate surface area is 150 Å². The van der Waals surface area contributed by atoms with Gasteiger partial charge in [0.2, 0.25) is 5.91 Å². The fourth-order valence-corrected chi connectivity index (χ4v) is 4.15. The molecule has 3 heterocycles. The van der Waals surface area contributed by atoms with Crippen LogP contribution in [0.15, 0.2) is 34.3 Å². The van der Waals surface area contributed by atoms with Crippen molar-refractivity contribution in [3.8, 4) is 0 Å². The fourth-order valence-electron chi connectivity index (χ4n) is 2.80. The number of amides is 2. The van der Waals surface area contributed by atoms with Crippen LogP contribution in [-0.2, 0) is 11.3 Å². The van der Waals surface area contributed by atoms with Gasteiger partial charge >= 0.3 is 0 Å². The highest BCUT2D eigenvalue weighted by molar-refractivity contribution is 7.12. The molecule has 1 aliphatic rings. The van der Waals surface area contributed by atoms with Gasteiger partial charge in [0.25, 0.3) is 5.91 Å². The zero-order valence-corrected chi connectivity index (χ0v) is 15.3. The average molecular weight is 364 g/mol. The fraction of sp³-hybridized carbons (Fsp3) is 0.412. The Balaban J connectivity index is 1.45. The summed E-state index contributed by atoms with van der Waals surface area (Å²) in [6.07, 6.45) is 0. The lowest BCUT2D eigenvalue weighted by atomic mass is 10.2. The van der Waals surface area contributed by atoms with Crippen LogP contribution in [0.4, 0.5) is 0 Å². The van der Waals surface area contributed by atoms with Crippen LogP contribution in [0, 0.1) is 0 Å². The first-order valence-corrected chi connectivity index (χ1v) is 9.76. The highest BCUT2D eigenvalue weighted by Crippen LogP contribution is 2.14. The quantitative estimate of drug-likeness (QED) is 0.818. The Morgan fingerprint density at radius 2 is 1.88 bits per heavy atom. The lowest BCUT2D eigenvalue weighted by Gasteiger charge is -2.35. The summed E-state index contributed by atoms with van der Waals surface area (Å²) in [5, 5.41) is 6.07. The van der Waals surface area contributed by atoms with Crippen molar-refractivity contribution in [2.24, 2.45) is 0 Å². The van der Waals surface area contributed by atoms with Crippen molar-refractivity contribution in [2.75, 3.05) is 39.8 Å². The lowest BCUT2D eigenvalue weighted by Crippen LogP contribution is -2.52. The van der Waals surface area contributed by atoms with E-state index in [1.54, 1.807) is 11.3 Å². The predicted molar refractivity (Wildman–Crippen MR) is 97.5 cm³/mol. The standard InChI is InChI=1S/C17H21N3O2S2/c1-18(11-14-4-10-23-13-14)12-16(21)19-5-7-20(8-6-19)17(22)15-3-2-9-24-15/h2-4,9-10,13H,5-8,11-12H2,1H3. The molecule has 1 aliphatic heterocycles. The Kier molecular flexibility index (Phi) is 5.65. The molecule has 2 aromatic rings. The zero-order valence-electron chi connectivity index (χ0n) is 13.7. The summed E-state index contributed by atoms with van der Waals surface area (Å²) < 4.78 is 0. The molecule has 0 bridgehead atoms. The monoisotopic (exact) mass is 363 g/mol. The number of carbonyl (C=O) groups excluding carboxylic acids is 2. The molecule has 1 saturated heterocycles. The van der Waals surface area contributed by atoms with Gasteiger partial charge in [0, 0.05) is 32.7 Å². The lowest BCUT2D eigenvalue weighted by molar-refractivity contribution is -0.133. The van der Waals surface area contributed by atoms with E-state index in [0.29, 0.717) is 32.7 Å². The van der Waals surface area contributed by atoms with Gasteiger partial charge in [0.05, 0.1) is 11.4 Å². The van der Waals surface area contributed by atoms with Gasteiger partial charge in [0.1, 0.15) is 0 Å². The summed E-state index contributed by atoms with van der Waals surface area (Å²) in [6, 6.07) is 5.82. The molecule has 1 fully saturated rings. The van der Waals surface area contributed by atoms with Gasteiger partial charge in [-0.3, -0.25) is 14.5 Å². The second kappa shape index (κ2) is 7.92. The summed E-state index contributed by atoms with van der Waals surface area (Å²) in [6.45, 7) is 3.64. The molecule has 3 rings (SSSR count). The molecule has 0 N–H and O–H groups in total. The molecule has 128 valence electrons. The van der Waals surface area contributed by atoms with Crippen molar-refractivity contribution in [2.45, 2.75) is 6.54 Å². The SMILES string of the molecule is CN(CC(=O)N1CCN(C(=O)c2cccs2)CC1)Cc1ccsc1. The van der Waals surface area contributed by atoms with Gasteiger partial charge in [-0.2, -0.15) is 11.3 Å². The van der Waals surface area contributed by atoms with Crippen LogP contribution in [0.25, 0.3) is 0 Å². The minimum atomic E-state index is 0.0756. The molecule has 0 saturated carbocycles. The normalized spacial score (nSPS) is 15.1. The van der Waals surface area contributed by atoms with E-state index in [-0.39, 0.29) is 11.8 Å². The van der Waals surface area contributed by atoms with Crippen LogP contribution in [0.1, 0.15) is 15.2 Å². The van der Waals surface area contributed by atoms with E-state index in [1.165, 1.54) is 16.9 Å². The minimum absolute atomic E-state index is 0.0756. The van der Waals surface area contributed by atoms with Crippen LogP contribution in [0.5, 0.6) is 0 Å². The third-order valence-electron chi connectivity index (χ3n) is 4.09. The summed E-state index contributed by atoms with van der Waals surface area (Å²) in [5.41, 5.74) is 1.24. The van der Waals surface area contributed by atoms with E-state index in [1.807, 2.05) is 39.3 Å². The maximum Gasteiger partial charge on any atom is 0.264 e. The molecule has 0 spiro atoms. The van der Waals surface area contributed by atoms with E-state index in [4.69, 9.17) is 0 Å². The second-order valence-corrected chi connectivity index (χ2v) is 7.68. The van der Waals surface area contributed by atoms with Crippen molar-refractivity contribution in [3.05, 3.63) is 44.8 Å². The van der Waals surface area contributed by atoms with E-state index in [0.717, 1.165) is 11.4 Å². The van der Waals surface area contributed by atoms with E-state index >= 15 is 0 Å². The van der Waals surface area contributed by atoms with Crippen LogP contribution >= 0.6 is 22.7 Å². The molecule has 0 aromatic carbocycles. The van der Waals surface area contributed by atoms with Crippen molar-refractivity contribution < 1.29 is 9.59 Å². The first-order valence-electron chi connectivity index (χ1n) is 7.93. The van der Waals surface area contributed by atoms with Gasteiger partial charge in [-0.05, 0) is 40.9 Å². The van der Waals surface area contributed by atoms with Crippen molar-refractivity contribution >= 4 is 34.5 Å². The van der Waals surface area contributed by atoms with Gasteiger partial charge in [-0.1, -0.05) is 6.07 Å². The predicted octanol–water partition coefficient (Wildman–Crippen LogP) is 2.23. The third-order valence-corrected chi connectivity index (χ3v) is 5.68. The molecular weight excluding hydrogens is 342 g/mol. The average Bonchev–Trinajstić information content (AvgIpc) is 3.27. The molecular formula is C17H21N3O2S2. The Morgan fingerprint density at radius 1 is 1.12 bits per heavy atom. The molecule has 0 unspecified atom stereocenters. The maximum atomic E-state index is 12.4. The van der Waals surface area contributed by atoms with Gasteiger partial charge in [-0.15, -0.1) is 11.3 Å². The number of rotatable bonds is 5. The molecule has 0 atom stereocenters. The van der Waals surface area contributed by atoms with E-state index in [9.17, 15) is 9.59 Å². The maximum absolute atomic E-state index is 12.4. The van der Waals surface area contributed by atoms with E-state index < -0.39 is 0 Å². The molecule has 24 heavy (non-hydrogen) atoms. The number of piperazine rings is 1. The van der Waals surface area contributed by atoms with Crippen LogP contribution < -0.4 is 0 Å². The third kappa shape index (κ3) is 4.23. The second-order valence-electron chi connectivity index (χ2n) is 5.95. The van der Waals surface area contributed by atoms with Crippen molar-refractivity contribution in [3.63, 3.8) is 0 Å². The first-order chi connectivity index (χ1) is 11.6. The highest BCUT2D eigenvalue weighted by atomic mass is 32.1. The number of hydrogen-bond acceptors (Lipinski definition) is 5. The minimum Gasteiger partial charge on any atom is -0.338 e. The topological polar surface area (TPSA) is 43.9 Å². The highest BCUT2D eigenvalue weighted by Gasteiger charge is 2.25. The molecule has 0 aliphatic carbocycles. The molecule has 2 amide bonds. The number of hydrogen-bond donors (Lipinski definition) is 0. The molecule has 5 nitrogen and oxygen atoms in total. The first kappa shape index (κ1) is 17.1. The summed E-state index contributed by atoms with van der Waals surface area (Å²) in [5.74, 6) is 0.211. The summed E-state index contributed by atoms with van der Waals surface area (Å²) in [7, 11) is 1.96. The molecule has 2 aromatic heterocycles. The molecule has 7 heteroatoms. The number of carbonyl (C=O) groups is 2. The van der Waals surface area contributed by atoms with Crippen molar-refractivity contribution in [1.82, 2.24) is 14.7 Å². The number of likely N-dealkylation sites (N-methyl/N-ethyl adjacent to an activating group) is 1. The Morgan fingerprint density at radius 3 is 2.50 bits per heavy atom. The largest absolute Gasteiger partial charge is 0.338 e. The van der Waals surface area contributed by atoms with Crippen LogP contribution in [-0.4, -0.2) is 66.3 Å². The van der Waals surface area contributed by atoms with Gasteiger partial charge in [-0.25, -0.2) is 0 Å². The van der Waals surface area contributed by atoms with Crippen LogP contribution in [0.2, 0.25) is 0 Å². The van der Waals surface area contributed by atoms with Gasteiger partial charge < -0.3 is 9.80 Å². The summed E-state index contributed by atoms with van der Waals surface area (Å²) >= 11 is 3.14. The van der Waals surface area contributed by atoms with E-state index in [2.05, 4.69) is 16.8 Å². The smallest absolute Gasteiger partial charge is 0.264 e. The van der Waals surface area contributed by atoms with Crippen molar-refractivity contribution in [1.29, 1.82) is 0 Å². The Hall–Kier alpha value is -1.70.